The largest absolute Gasteiger partial charge is 0.380 e. The van der Waals surface area contributed by atoms with Crippen LogP contribution in [0, 0.1) is 11.8 Å². The van der Waals surface area contributed by atoms with Crippen LogP contribution in [-0.4, -0.2) is 81.5 Å². The SMILES string of the molecule is CC.CO[C@H](C)[C@H](C)N(C)C(=O)[C@@H](NCOC[C@H](C(C)C)N(C)C)C(C)C.[HH]. The van der Waals surface area contributed by atoms with E-state index in [1.807, 2.05) is 48.6 Å². The Morgan fingerprint density at radius 1 is 1.00 bits per heavy atom. The third-order valence-electron chi connectivity index (χ3n) is 5.07. The second kappa shape index (κ2) is 15.3. The van der Waals surface area contributed by atoms with Gasteiger partial charge in [0.25, 0.3) is 0 Å². The van der Waals surface area contributed by atoms with Crippen LogP contribution in [-0.2, 0) is 14.3 Å². The van der Waals surface area contributed by atoms with Gasteiger partial charge in [0.05, 0.1) is 31.5 Å². The summed E-state index contributed by atoms with van der Waals surface area (Å²) in [7, 11) is 7.63. The van der Waals surface area contributed by atoms with Crippen molar-refractivity contribution < 1.29 is 15.7 Å². The molecule has 0 aliphatic rings. The van der Waals surface area contributed by atoms with Crippen molar-refractivity contribution >= 4 is 5.91 Å². The van der Waals surface area contributed by atoms with Crippen molar-refractivity contribution in [1.29, 1.82) is 0 Å². The quantitative estimate of drug-likeness (QED) is 0.408. The Balaban J connectivity index is -0.00000201. The lowest BCUT2D eigenvalue weighted by atomic mass is 10.0. The molecule has 0 bridgehead atoms. The van der Waals surface area contributed by atoms with Crippen LogP contribution < -0.4 is 5.32 Å². The summed E-state index contributed by atoms with van der Waals surface area (Å²) in [6, 6.07) is 0.106. The van der Waals surface area contributed by atoms with E-state index < -0.39 is 0 Å². The molecule has 0 spiro atoms. The van der Waals surface area contributed by atoms with Crippen molar-refractivity contribution in [3.05, 3.63) is 0 Å². The number of methoxy groups -OCH3 is 1. The van der Waals surface area contributed by atoms with Crippen molar-refractivity contribution in [3.63, 3.8) is 0 Å². The lowest BCUT2D eigenvalue weighted by molar-refractivity contribution is -0.138. The van der Waals surface area contributed by atoms with Crippen LogP contribution in [0.5, 0.6) is 0 Å². The maximum atomic E-state index is 12.8. The highest BCUT2D eigenvalue weighted by Gasteiger charge is 2.29. The number of hydrogen-bond donors (Lipinski definition) is 1. The second-order valence-corrected chi connectivity index (χ2v) is 7.85. The van der Waals surface area contributed by atoms with Crippen molar-refractivity contribution in [2.45, 2.75) is 79.6 Å². The average Bonchev–Trinajstić information content (AvgIpc) is 2.62. The molecule has 0 radical (unpaired) electrons. The van der Waals surface area contributed by atoms with Crippen molar-refractivity contribution in [2.75, 3.05) is 41.6 Å². The number of ether oxygens (including phenoxy) is 2. The molecule has 0 saturated heterocycles. The summed E-state index contributed by atoms with van der Waals surface area (Å²) in [5, 5.41) is 3.27. The third-order valence-corrected chi connectivity index (χ3v) is 5.07. The molecule has 0 aliphatic carbocycles. The molecule has 27 heavy (non-hydrogen) atoms. The Hall–Kier alpha value is -0.690. The molecule has 0 heterocycles. The molecular weight excluding hydrogens is 342 g/mol. The van der Waals surface area contributed by atoms with Crippen molar-refractivity contribution in [3.8, 4) is 0 Å². The van der Waals surface area contributed by atoms with Gasteiger partial charge in [-0.3, -0.25) is 10.1 Å². The zero-order valence-corrected chi connectivity index (χ0v) is 20.0. The first-order valence-corrected chi connectivity index (χ1v) is 10.3. The molecule has 0 fully saturated rings. The van der Waals surface area contributed by atoms with Crippen LogP contribution in [0.25, 0.3) is 0 Å². The first kappa shape index (κ1) is 28.5. The van der Waals surface area contributed by atoms with Crippen molar-refractivity contribution in [1.82, 2.24) is 15.1 Å². The fourth-order valence-corrected chi connectivity index (χ4v) is 2.81. The minimum Gasteiger partial charge on any atom is -0.380 e. The first-order chi connectivity index (χ1) is 12.5. The molecule has 1 amide bonds. The van der Waals surface area contributed by atoms with Gasteiger partial charge in [0.2, 0.25) is 5.91 Å². The minimum atomic E-state index is -0.270. The third kappa shape index (κ3) is 10.4. The predicted molar refractivity (Wildman–Crippen MR) is 117 cm³/mol. The van der Waals surface area contributed by atoms with E-state index in [0.29, 0.717) is 25.3 Å². The van der Waals surface area contributed by atoms with Gasteiger partial charge in [-0.2, -0.15) is 0 Å². The molecule has 0 aromatic heterocycles. The van der Waals surface area contributed by atoms with Gasteiger partial charge in [0.15, 0.2) is 0 Å². The molecule has 166 valence electrons. The zero-order chi connectivity index (χ0) is 21.7. The van der Waals surface area contributed by atoms with Crippen LogP contribution in [0.3, 0.4) is 0 Å². The summed E-state index contributed by atoms with van der Waals surface area (Å²) < 4.78 is 11.2. The summed E-state index contributed by atoms with van der Waals surface area (Å²) in [5.41, 5.74) is 0. The van der Waals surface area contributed by atoms with E-state index in [2.05, 4.69) is 38.2 Å². The highest BCUT2D eigenvalue weighted by molar-refractivity contribution is 5.82. The minimum absolute atomic E-state index is 0. The molecule has 1 N–H and O–H groups in total. The molecular formula is C21H49N3O3. The summed E-state index contributed by atoms with van der Waals surface area (Å²) in [5.74, 6) is 0.765. The molecule has 0 unspecified atom stereocenters. The molecule has 0 saturated carbocycles. The van der Waals surface area contributed by atoms with E-state index in [-0.39, 0.29) is 31.4 Å². The number of hydrogen-bond acceptors (Lipinski definition) is 5. The smallest absolute Gasteiger partial charge is 0.240 e. The maximum absolute atomic E-state index is 12.8. The van der Waals surface area contributed by atoms with Gasteiger partial charge in [0.1, 0.15) is 0 Å². The second-order valence-electron chi connectivity index (χ2n) is 7.85. The Morgan fingerprint density at radius 2 is 1.52 bits per heavy atom. The normalized spacial score (nSPS) is 16.0. The Labute approximate surface area is 170 Å². The van der Waals surface area contributed by atoms with Crippen LogP contribution in [0.1, 0.15) is 56.8 Å². The van der Waals surface area contributed by atoms with E-state index in [1.54, 1.807) is 12.0 Å². The Bertz CT molecular complexity index is 374. The number of likely N-dealkylation sites (N-methyl/N-ethyl adjacent to an activating group) is 2. The van der Waals surface area contributed by atoms with E-state index >= 15 is 0 Å². The molecule has 0 rings (SSSR count). The number of carbonyl (C=O) groups is 1. The highest BCUT2D eigenvalue weighted by atomic mass is 16.5. The lowest BCUT2D eigenvalue weighted by Gasteiger charge is -2.34. The van der Waals surface area contributed by atoms with Crippen LogP contribution in [0.2, 0.25) is 0 Å². The highest BCUT2D eigenvalue weighted by Crippen LogP contribution is 2.12. The number of nitrogens with one attached hydrogen (secondary N) is 1. The monoisotopic (exact) mass is 391 g/mol. The molecule has 0 aliphatic heterocycles. The number of nitrogens with zero attached hydrogens (tertiary/aromatic N) is 2. The van der Waals surface area contributed by atoms with Crippen LogP contribution in [0.15, 0.2) is 0 Å². The predicted octanol–water partition coefficient (Wildman–Crippen LogP) is 3.31. The topological polar surface area (TPSA) is 54.0 Å². The number of amides is 1. The van der Waals surface area contributed by atoms with Gasteiger partial charge in [-0.1, -0.05) is 41.5 Å². The summed E-state index contributed by atoms with van der Waals surface area (Å²) >= 11 is 0. The van der Waals surface area contributed by atoms with Gasteiger partial charge in [-0.15, -0.1) is 0 Å². The van der Waals surface area contributed by atoms with E-state index in [9.17, 15) is 4.79 Å². The van der Waals surface area contributed by atoms with Gasteiger partial charge in [0, 0.05) is 21.6 Å². The molecule has 0 aromatic carbocycles. The van der Waals surface area contributed by atoms with Gasteiger partial charge in [-0.25, -0.2) is 0 Å². The number of carbonyl (C=O) groups excluding carboxylic acids is 1. The van der Waals surface area contributed by atoms with Crippen LogP contribution >= 0.6 is 0 Å². The fraction of sp³-hybridized carbons (Fsp3) is 0.952. The lowest BCUT2D eigenvalue weighted by Crippen LogP contribution is -2.53. The zero-order valence-electron chi connectivity index (χ0n) is 20.0. The van der Waals surface area contributed by atoms with Crippen LogP contribution in [0.4, 0.5) is 0 Å². The fourth-order valence-electron chi connectivity index (χ4n) is 2.81. The number of rotatable bonds is 12. The van der Waals surface area contributed by atoms with E-state index in [0.717, 1.165) is 0 Å². The first-order valence-electron chi connectivity index (χ1n) is 10.3. The maximum Gasteiger partial charge on any atom is 0.240 e. The Morgan fingerprint density at radius 3 is 1.89 bits per heavy atom. The van der Waals surface area contributed by atoms with E-state index in [1.165, 1.54) is 0 Å². The van der Waals surface area contributed by atoms with Gasteiger partial charge in [-0.05, 0) is 39.8 Å². The summed E-state index contributed by atoms with van der Waals surface area (Å²) in [6.07, 6.45) is -0.00935. The molecule has 4 atom stereocenters. The molecule has 0 aromatic rings. The Kier molecular flexibility index (Phi) is 16.1. The van der Waals surface area contributed by atoms with Gasteiger partial charge < -0.3 is 19.3 Å². The van der Waals surface area contributed by atoms with Gasteiger partial charge >= 0.3 is 0 Å². The van der Waals surface area contributed by atoms with Crippen molar-refractivity contribution in [2.24, 2.45) is 11.8 Å². The average molecular weight is 392 g/mol. The molecule has 6 heteroatoms. The molecule has 6 nitrogen and oxygen atoms in total. The summed E-state index contributed by atoms with van der Waals surface area (Å²) in [6.45, 7) is 17.5. The standard InChI is InChI=1S/C19H41N3O3.C2H6.H2/c1-13(2)17(21(7)8)11-25-12-20-18(14(3)4)19(23)22(9)15(5)16(6)24-10;1-2;/h13-18,20H,11-12H2,1-10H3;1-2H3;1H/t15-,16+,17+,18-;;/m0../s1. The van der Waals surface area contributed by atoms with E-state index in [4.69, 9.17) is 9.47 Å². The summed E-state index contributed by atoms with van der Waals surface area (Å²) in [4.78, 5) is 16.8.